The van der Waals surface area contributed by atoms with E-state index in [9.17, 15) is 4.79 Å². The zero-order chi connectivity index (χ0) is 16.3. The summed E-state index contributed by atoms with van der Waals surface area (Å²) in [6.07, 6.45) is 0. The summed E-state index contributed by atoms with van der Waals surface area (Å²) in [6.45, 7) is 14.3. The van der Waals surface area contributed by atoms with Gasteiger partial charge >= 0.3 is 0 Å². The lowest BCUT2D eigenvalue weighted by molar-refractivity contribution is -0.128. The first-order valence-corrected chi connectivity index (χ1v) is 8.99. The fraction of sp³-hybridized carbons (Fsp3) is 0.611. The van der Waals surface area contributed by atoms with Crippen LogP contribution in [0.4, 0.5) is 5.69 Å². The zero-order valence-corrected chi connectivity index (χ0v) is 15.3. The molecule has 0 aromatic heterocycles. The highest BCUT2D eigenvalue weighted by molar-refractivity contribution is 8.01. The minimum absolute atomic E-state index is 0.149. The van der Waals surface area contributed by atoms with E-state index < -0.39 is 0 Å². The predicted octanol–water partition coefficient (Wildman–Crippen LogP) is 3.48. The summed E-state index contributed by atoms with van der Waals surface area (Å²) in [5.41, 5.74) is 4.00. The first-order chi connectivity index (χ1) is 10.3. The van der Waals surface area contributed by atoms with Crippen molar-refractivity contribution in [3.8, 4) is 0 Å². The second-order valence-corrected chi connectivity index (χ2v) is 8.79. The number of anilines is 1. The summed E-state index contributed by atoms with van der Waals surface area (Å²) < 4.78 is 0.149. The highest BCUT2D eigenvalue weighted by Gasteiger charge is 2.23. The number of piperazine rings is 1. The number of benzene rings is 1. The maximum absolute atomic E-state index is 12.3. The molecule has 1 heterocycles. The molecule has 22 heavy (non-hydrogen) atoms. The van der Waals surface area contributed by atoms with E-state index in [1.807, 2.05) is 4.90 Å². The highest BCUT2D eigenvalue weighted by Crippen LogP contribution is 2.25. The number of thioether (sulfide) groups is 1. The topological polar surface area (TPSA) is 23.6 Å². The predicted molar refractivity (Wildman–Crippen MR) is 96.9 cm³/mol. The van der Waals surface area contributed by atoms with Crippen molar-refractivity contribution in [2.24, 2.45) is 0 Å². The van der Waals surface area contributed by atoms with Gasteiger partial charge in [-0.25, -0.2) is 0 Å². The summed E-state index contributed by atoms with van der Waals surface area (Å²) >= 11 is 1.73. The number of amides is 1. The Hall–Kier alpha value is -1.16. The van der Waals surface area contributed by atoms with Gasteiger partial charge < -0.3 is 9.80 Å². The molecule has 0 bridgehead atoms. The first-order valence-electron chi connectivity index (χ1n) is 8.01. The fourth-order valence-electron chi connectivity index (χ4n) is 2.64. The van der Waals surface area contributed by atoms with Crippen molar-refractivity contribution in [3.63, 3.8) is 0 Å². The Labute approximate surface area is 139 Å². The molecule has 1 amide bonds. The molecule has 1 aromatic rings. The van der Waals surface area contributed by atoms with E-state index >= 15 is 0 Å². The molecule has 0 spiro atoms. The summed E-state index contributed by atoms with van der Waals surface area (Å²) in [4.78, 5) is 16.7. The lowest BCUT2D eigenvalue weighted by Crippen LogP contribution is -2.49. The SMILES string of the molecule is Cc1cccc(N2CCN(C(=O)CSC(C)(C)C)CC2)c1C. The van der Waals surface area contributed by atoms with Crippen molar-refractivity contribution >= 4 is 23.4 Å². The smallest absolute Gasteiger partial charge is 0.232 e. The van der Waals surface area contributed by atoms with Gasteiger partial charge in [0.1, 0.15) is 0 Å². The minimum atomic E-state index is 0.149. The van der Waals surface area contributed by atoms with Gasteiger partial charge in [0.05, 0.1) is 5.75 Å². The van der Waals surface area contributed by atoms with E-state index in [0.717, 1.165) is 26.2 Å². The van der Waals surface area contributed by atoms with Crippen LogP contribution in [0.1, 0.15) is 31.9 Å². The minimum Gasteiger partial charge on any atom is -0.368 e. The number of hydrogen-bond acceptors (Lipinski definition) is 3. The molecule has 1 aliphatic heterocycles. The molecule has 122 valence electrons. The largest absolute Gasteiger partial charge is 0.368 e. The number of rotatable bonds is 3. The Balaban J connectivity index is 1.90. The molecule has 0 unspecified atom stereocenters. The number of aryl methyl sites for hydroxylation is 1. The van der Waals surface area contributed by atoms with Gasteiger partial charge in [-0.1, -0.05) is 32.9 Å². The normalized spacial score (nSPS) is 16.0. The maximum Gasteiger partial charge on any atom is 0.232 e. The second-order valence-electron chi connectivity index (χ2n) is 6.99. The van der Waals surface area contributed by atoms with Crippen LogP contribution < -0.4 is 4.90 Å². The van der Waals surface area contributed by atoms with Crippen LogP contribution in [-0.4, -0.2) is 47.5 Å². The van der Waals surface area contributed by atoms with Crippen LogP contribution in [0.25, 0.3) is 0 Å². The molecule has 0 saturated carbocycles. The Morgan fingerprint density at radius 2 is 1.77 bits per heavy atom. The number of carbonyl (C=O) groups excluding carboxylic acids is 1. The molecule has 1 fully saturated rings. The van der Waals surface area contributed by atoms with Crippen molar-refractivity contribution in [2.75, 3.05) is 36.8 Å². The van der Waals surface area contributed by atoms with Gasteiger partial charge in [0.25, 0.3) is 0 Å². The Morgan fingerprint density at radius 3 is 2.36 bits per heavy atom. The van der Waals surface area contributed by atoms with Crippen molar-refractivity contribution in [2.45, 2.75) is 39.4 Å². The average molecular weight is 321 g/mol. The van der Waals surface area contributed by atoms with Crippen molar-refractivity contribution < 1.29 is 4.79 Å². The lowest BCUT2D eigenvalue weighted by atomic mass is 10.1. The average Bonchev–Trinajstić information content (AvgIpc) is 2.47. The molecular weight excluding hydrogens is 292 g/mol. The van der Waals surface area contributed by atoms with E-state index in [-0.39, 0.29) is 10.7 Å². The maximum atomic E-state index is 12.3. The first kappa shape index (κ1) is 17.2. The van der Waals surface area contributed by atoms with E-state index in [0.29, 0.717) is 5.75 Å². The Morgan fingerprint density at radius 1 is 1.14 bits per heavy atom. The van der Waals surface area contributed by atoms with Crippen LogP contribution in [0, 0.1) is 13.8 Å². The van der Waals surface area contributed by atoms with E-state index in [2.05, 4.69) is 57.7 Å². The number of hydrogen-bond donors (Lipinski definition) is 0. The van der Waals surface area contributed by atoms with Gasteiger partial charge in [-0.3, -0.25) is 4.79 Å². The van der Waals surface area contributed by atoms with Crippen LogP contribution >= 0.6 is 11.8 Å². The van der Waals surface area contributed by atoms with E-state index in [4.69, 9.17) is 0 Å². The van der Waals surface area contributed by atoms with Crippen LogP contribution in [0.2, 0.25) is 0 Å². The van der Waals surface area contributed by atoms with Gasteiger partial charge in [0, 0.05) is 36.6 Å². The molecule has 0 N–H and O–H groups in total. The van der Waals surface area contributed by atoms with Crippen LogP contribution in [0.3, 0.4) is 0 Å². The van der Waals surface area contributed by atoms with Gasteiger partial charge in [0.2, 0.25) is 5.91 Å². The summed E-state index contributed by atoms with van der Waals surface area (Å²) in [6, 6.07) is 6.47. The Kier molecular flexibility index (Phi) is 5.43. The third-order valence-corrected chi connectivity index (χ3v) is 5.44. The van der Waals surface area contributed by atoms with Crippen LogP contribution in [0.5, 0.6) is 0 Å². The van der Waals surface area contributed by atoms with Gasteiger partial charge in [-0.15, -0.1) is 11.8 Å². The summed E-state index contributed by atoms with van der Waals surface area (Å²) in [5, 5.41) is 0. The van der Waals surface area contributed by atoms with Crippen molar-refractivity contribution in [3.05, 3.63) is 29.3 Å². The van der Waals surface area contributed by atoms with Crippen LogP contribution in [0.15, 0.2) is 18.2 Å². The molecule has 3 nitrogen and oxygen atoms in total. The zero-order valence-electron chi connectivity index (χ0n) is 14.5. The molecule has 1 aliphatic rings. The summed E-state index contributed by atoms with van der Waals surface area (Å²) in [5.74, 6) is 0.869. The molecule has 0 radical (unpaired) electrons. The van der Waals surface area contributed by atoms with Gasteiger partial charge in [-0.05, 0) is 31.0 Å². The summed E-state index contributed by atoms with van der Waals surface area (Å²) in [7, 11) is 0. The molecule has 0 aliphatic carbocycles. The monoisotopic (exact) mass is 320 g/mol. The molecule has 1 saturated heterocycles. The third-order valence-electron chi connectivity index (χ3n) is 4.18. The molecular formula is C18H28N2OS. The number of carbonyl (C=O) groups is 1. The quantitative estimate of drug-likeness (QED) is 0.852. The lowest BCUT2D eigenvalue weighted by Gasteiger charge is -2.37. The highest BCUT2D eigenvalue weighted by atomic mass is 32.2. The fourth-order valence-corrected chi connectivity index (χ4v) is 3.38. The Bertz CT molecular complexity index is 528. The van der Waals surface area contributed by atoms with E-state index in [1.165, 1.54) is 16.8 Å². The number of nitrogens with zero attached hydrogens (tertiary/aromatic N) is 2. The second kappa shape index (κ2) is 6.95. The van der Waals surface area contributed by atoms with E-state index in [1.54, 1.807) is 11.8 Å². The third kappa shape index (κ3) is 4.42. The van der Waals surface area contributed by atoms with Gasteiger partial charge in [0.15, 0.2) is 0 Å². The van der Waals surface area contributed by atoms with Crippen LogP contribution in [-0.2, 0) is 4.79 Å². The van der Waals surface area contributed by atoms with Crippen molar-refractivity contribution in [1.29, 1.82) is 0 Å². The molecule has 1 aromatic carbocycles. The molecule has 0 atom stereocenters. The molecule has 4 heteroatoms. The van der Waals surface area contributed by atoms with Crippen molar-refractivity contribution in [1.82, 2.24) is 4.90 Å². The molecule has 2 rings (SSSR count). The standard InChI is InChI=1S/C18H28N2OS/c1-14-7-6-8-16(15(14)2)19-9-11-20(12-10-19)17(21)13-22-18(3,4)5/h6-8H,9-13H2,1-5H3. The van der Waals surface area contributed by atoms with Gasteiger partial charge in [-0.2, -0.15) is 0 Å².